The van der Waals surface area contributed by atoms with Gasteiger partial charge in [-0.2, -0.15) is 0 Å². The van der Waals surface area contributed by atoms with Crippen molar-refractivity contribution < 1.29 is 22.7 Å². The summed E-state index contributed by atoms with van der Waals surface area (Å²) in [6.45, 7) is -0.225. The van der Waals surface area contributed by atoms with Crippen LogP contribution < -0.4 is 5.32 Å². The Morgan fingerprint density at radius 3 is 2.93 bits per heavy atom. The Bertz CT molecular complexity index is 967. The Balaban J connectivity index is 1.56. The molecule has 0 aromatic heterocycles. The molecule has 1 N–H and O–H groups in total. The van der Waals surface area contributed by atoms with E-state index in [1.807, 2.05) is 24.5 Å². The topological polar surface area (TPSA) is 105 Å². The minimum absolute atomic E-state index is 0.124. The van der Waals surface area contributed by atoms with Crippen LogP contribution >= 0.6 is 11.8 Å². The zero-order chi connectivity index (χ0) is 19.4. The van der Waals surface area contributed by atoms with Gasteiger partial charge in [0.1, 0.15) is 5.84 Å². The Morgan fingerprint density at radius 1 is 1.33 bits per heavy atom. The lowest BCUT2D eigenvalue weighted by atomic mass is 10.2. The van der Waals surface area contributed by atoms with Crippen LogP contribution in [0.5, 0.6) is 0 Å². The van der Waals surface area contributed by atoms with Crippen molar-refractivity contribution in [1.29, 1.82) is 0 Å². The van der Waals surface area contributed by atoms with Crippen molar-refractivity contribution in [2.24, 2.45) is 4.40 Å². The van der Waals surface area contributed by atoms with Crippen molar-refractivity contribution in [3.05, 3.63) is 48.2 Å². The van der Waals surface area contributed by atoms with E-state index >= 15 is 0 Å². The molecule has 0 atom stereocenters. The molecule has 1 aromatic carbocycles. The maximum Gasteiger partial charge on any atom is 0.340 e. The number of amides is 1. The number of ether oxygens (including phenoxy) is 1. The van der Waals surface area contributed by atoms with E-state index in [2.05, 4.69) is 9.71 Å². The van der Waals surface area contributed by atoms with Crippen LogP contribution in [0.15, 0.2) is 57.5 Å². The van der Waals surface area contributed by atoms with Gasteiger partial charge < -0.3 is 15.0 Å². The minimum Gasteiger partial charge on any atom is -0.452 e. The van der Waals surface area contributed by atoms with Crippen LogP contribution in [-0.2, 0) is 24.3 Å². The monoisotopic (exact) mass is 407 g/mol. The van der Waals surface area contributed by atoms with Gasteiger partial charge in [0.2, 0.25) is 0 Å². The first kappa shape index (κ1) is 19.2. The number of hydrogen-bond acceptors (Lipinski definition) is 7. The summed E-state index contributed by atoms with van der Waals surface area (Å²) in [6, 6.07) is 7.31. The fourth-order valence-corrected chi connectivity index (χ4v) is 3.86. The highest BCUT2D eigenvalue weighted by atomic mass is 32.2. The van der Waals surface area contributed by atoms with E-state index in [0.29, 0.717) is 5.69 Å². The Kier molecular flexibility index (Phi) is 5.66. The van der Waals surface area contributed by atoms with Crippen molar-refractivity contribution in [3.8, 4) is 0 Å². The van der Waals surface area contributed by atoms with Gasteiger partial charge in [0.05, 0.1) is 11.3 Å². The second kappa shape index (κ2) is 7.97. The number of benzene rings is 1. The molecule has 0 fully saturated rings. The molecule has 0 aliphatic carbocycles. The summed E-state index contributed by atoms with van der Waals surface area (Å²) in [5.74, 6) is -0.995. The summed E-state index contributed by atoms with van der Waals surface area (Å²) in [5, 5.41) is 2.67. The molecule has 3 rings (SSSR count). The van der Waals surface area contributed by atoms with Gasteiger partial charge in [-0.1, -0.05) is 6.07 Å². The number of nitrogens with one attached hydrogen (secondary N) is 1. The number of nitrogens with zero attached hydrogens (tertiary/aromatic N) is 2. The van der Waals surface area contributed by atoms with Crippen LogP contribution in [-0.4, -0.2) is 56.2 Å². The lowest BCUT2D eigenvalue weighted by Crippen LogP contribution is -2.37. The van der Waals surface area contributed by atoms with E-state index in [1.165, 1.54) is 18.4 Å². The standard InChI is InChI=1S/C17H17N3O5S2/c1-26-14-4-2-3-13(9-14)18-16(21)11-25-17(22)12-5-6-15-19-27(23,24)8-7-20(15)10-12/h2-6,9-10H,7-8,11H2,1H3,(H,18,21). The lowest BCUT2D eigenvalue weighted by molar-refractivity contribution is -0.143. The fraction of sp³-hybridized carbons (Fsp3) is 0.235. The SMILES string of the molecule is CSc1cccc(NC(=O)COC(=O)C2=CN3CCS(=O)(=O)N=C3C=C2)c1. The predicted octanol–water partition coefficient (Wildman–Crippen LogP) is 1.39. The summed E-state index contributed by atoms with van der Waals surface area (Å²) in [5.41, 5.74) is 0.834. The normalized spacial score (nSPS) is 17.4. The molecule has 142 valence electrons. The minimum atomic E-state index is -3.45. The Hall–Kier alpha value is -2.59. The molecule has 2 aliphatic heterocycles. The number of carbonyl (C=O) groups is 2. The van der Waals surface area contributed by atoms with Gasteiger partial charge in [-0.25, -0.2) is 13.2 Å². The third-order valence-electron chi connectivity index (χ3n) is 3.75. The molecular formula is C17H17N3O5S2. The number of esters is 1. The van der Waals surface area contributed by atoms with Crippen LogP contribution in [0.3, 0.4) is 0 Å². The predicted molar refractivity (Wildman–Crippen MR) is 103 cm³/mol. The van der Waals surface area contributed by atoms with Crippen molar-refractivity contribution in [1.82, 2.24) is 4.90 Å². The summed E-state index contributed by atoms with van der Waals surface area (Å²) < 4.78 is 31.6. The number of sulfonamides is 1. The zero-order valence-corrected chi connectivity index (χ0v) is 16.0. The largest absolute Gasteiger partial charge is 0.452 e. The molecule has 0 spiro atoms. The van der Waals surface area contributed by atoms with Crippen LogP contribution in [0, 0.1) is 0 Å². The van der Waals surface area contributed by atoms with E-state index in [4.69, 9.17) is 4.74 Å². The van der Waals surface area contributed by atoms with Gasteiger partial charge in [-0.15, -0.1) is 16.2 Å². The summed E-state index contributed by atoms with van der Waals surface area (Å²) in [4.78, 5) is 26.7. The number of hydrogen-bond donors (Lipinski definition) is 1. The van der Waals surface area contributed by atoms with Crippen molar-refractivity contribution in [2.75, 3.05) is 30.5 Å². The van der Waals surface area contributed by atoms with Gasteiger partial charge in [-0.05, 0) is 36.6 Å². The van der Waals surface area contributed by atoms with Crippen molar-refractivity contribution in [2.45, 2.75) is 4.90 Å². The lowest BCUT2D eigenvalue weighted by Gasteiger charge is -2.26. The smallest absolute Gasteiger partial charge is 0.340 e. The number of amidine groups is 1. The number of fused-ring (bicyclic) bond motifs is 1. The molecule has 8 nitrogen and oxygen atoms in total. The summed E-state index contributed by atoms with van der Waals surface area (Å²) in [6.07, 6.45) is 6.25. The second-order valence-electron chi connectivity index (χ2n) is 5.70. The van der Waals surface area contributed by atoms with E-state index in [-0.39, 0.29) is 23.7 Å². The van der Waals surface area contributed by atoms with Gasteiger partial charge in [0.25, 0.3) is 15.9 Å². The number of rotatable bonds is 5. The van der Waals surface area contributed by atoms with Crippen LogP contribution in [0.25, 0.3) is 0 Å². The quantitative estimate of drug-likeness (QED) is 0.581. The second-order valence-corrected chi connectivity index (χ2v) is 8.34. The molecule has 27 heavy (non-hydrogen) atoms. The third kappa shape index (κ3) is 4.98. The molecule has 2 heterocycles. The van der Waals surface area contributed by atoms with Crippen molar-refractivity contribution in [3.63, 3.8) is 0 Å². The first-order chi connectivity index (χ1) is 12.9. The highest BCUT2D eigenvalue weighted by molar-refractivity contribution is 7.98. The Morgan fingerprint density at radius 2 is 2.15 bits per heavy atom. The molecule has 0 saturated heterocycles. The average Bonchev–Trinajstić information content (AvgIpc) is 2.65. The van der Waals surface area contributed by atoms with Gasteiger partial charge in [0, 0.05) is 23.3 Å². The molecular weight excluding hydrogens is 390 g/mol. The molecule has 0 bridgehead atoms. The molecule has 1 aromatic rings. The van der Waals surface area contributed by atoms with Crippen LogP contribution in [0.2, 0.25) is 0 Å². The van der Waals surface area contributed by atoms with E-state index in [9.17, 15) is 18.0 Å². The maximum atomic E-state index is 12.1. The molecule has 0 saturated carbocycles. The van der Waals surface area contributed by atoms with Gasteiger partial charge in [0.15, 0.2) is 6.61 Å². The average molecular weight is 407 g/mol. The van der Waals surface area contributed by atoms with E-state index < -0.39 is 28.5 Å². The zero-order valence-electron chi connectivity index (χ0n) is 14.4. The van der Waals surface area contributed by atoms with Crippen molar-refractivity contribution >= 4 is 45.2 Å². The summed E-state index contributed by atoms with van der Waals surface area (Å²) in [7, 11) is -3.45. The van der Waals surface area contributed by atoms with Crippen LogP contribution in [0.4, 0.5) is 5.69 Å². The number of carbonyl (C=O) groups excluding carboxylic acids is 2. The number of thioether (sulfide) groups is 1. The van der Waals surface area contributed by atoms with E-state index in [1.54, 1.807) is 22.7 Å². The van der Waals surface area contributed by atoms with Crippen LogP contribution in [0.1, 0.15) is 0 Å². The molecule has 1 amide bonds. The summed E-state index contributed by atoms with van der Waals surface area (Å²) >= 11 is 1.55. The Labute approximate surface area is 161 Å². The molecule has 0 radical (unpaired) electrons. The van der Waals surface area contributed by atoms with E-state index in [0.717, 1.165) is 4.90 Å². The van der Waals surface area contributed by atoms with Gasteiger partial charge >= 0.3 is 5.97 Å². The van der Waals surface area contributed by atoms with Gasteiger partial charge in [-0.3, -0.25) is 4.79 Å². The highest BCUT2D eigenvalue weighted by Crippen LogP contribution is 2.19. The third-order valence-corrected chi connectivity index (χ3v) is 5.64. The fourth-order valence-electron chi connectivity index (χ4n) is 2.43. The molecule has 0 unspecified atom stereocenters. The number of anilines is 1. The molecule has 2 aliphatic rings. The molecule has 10 heteroatoms. The first-order valence-corrected chi connectivity index (χ1v) is 10.8. The highest BCUT2D eigenvalue weighted by Gasteiger charge is 2.25. The maximum absolute atomic E-state index is 12.1. The first-order valence-electron chi connectivity index (χ1n) is 7.96.